The first kappa shape index (κ1) is 14.8. The first-order chi connectivity index (χ1) is 8.54. The van der Waals surface area contributed by atoms with Crippen LogP contribution in [-0.2, 0) is 6.54 Å². The number of aliphatic hydroxyl groups excluding tert-OH is 1. The molecule has 0 spiro atoms. The first-order valence-electron chi connectivity index (χ1n) is 6.26. The number of phenolic OH excluding ortho intramolecular Hbond substituents is 1. The van der Waals surface area contributed by atoms with Gasteiger partial charge in [0.25, 0.3) is 0 Å². The van der Waals surface area contributed by atoms with Crippen LogP contribution in [0.15, 0.2) is 18.2 Å². The summed E-state index contributed by atoms with van der Waals surface area (Å²) in [6.07, 6.45) is 1.62. The zero-order valence-corrected chi connectivity index (χ0v) is 11.4. The van der Waals surface area contributed by atoms with Crippen molar-refractivity contribution in [3.05, 3.63) is 23.8 Å². The Bertz CT molecular complexity index is 381. The van der Waals surface area contributed by atoms with Gasteiger partial charge in [0.15, 0.2) is 0 Å². The molecule has 0 aliphatic rings. The van der Waals surface area contributed by atoms with Crippen LogP contribution in [0.2, 0.25) is 0 Å². The molecule has 102 valence electrons. The molecule has 0 heterocycles. The van der Waals surface area contributed by atoms with E-state index < -0.39 is 0 Å². The summed E-state index contributed by atoms with van der Waals surface area (Å²) in [4.78, 5) is 0. The van der Waals surface area contributed by atoms with Gasteiger partial charge in [0.05, 0.1) is 7.11 Å². The zero-order chi connectivity index (χ0) is 13.6. The van der Waals surface area contributed by atoms with Crippen LogP contribution >= 0.6 is 0 Å². The van der Waals surface area contributed by atoms with E-state index in [1.165, 1.54) is 0 Å². The van der Waals surface area contributed by atoms with Crippen molar-refractivity contribution >= 4 is 0 Å². The highest BCUT2D eigenvalue weighted by Crippen LogP contribution is 2.24. The van der Waals surface area contributed by atoms with Gasteiger partial charge in [0, 0.05) is 30.3 Å². The number of aromatic hydroxyl groups is 1. The van der Waals surface area contributed by atoms with E-state index in [0.29, 0.717) is 18.7 Å². The molecule has 1 aromatic carbocycles. The summed E-state index contributed by atoms with van der Waals surface area (Å²) in [7, 11) is 1.57. The second-order valence-electron chi connectivity index (χ2n) is 4.74. The van der Waals surface area contributed by atoms with Gasteiger partial charge in [-0.2, -0.15) is 0 Å². The van der Waals surface area contributed by atoms with Crippen LogP contribution in [0.4, 0.5) is 0 Å². The minimum atomic E-state index is -0.110. The molecule has 0 amide bonds. The lowest BCUT2D eigenvalue weighted by atomic mass is 9.94. The number of methoxy groups -OCH3 is 1. The summed E-state index contributed by atoms with van der Waals surface area (Å²) in [5.74, 6) is 0.870. The largest absolute Gasteiger partial charge is 0.507 e. The fraction of sp³-hybridized carbons (Fsp3) is 0.571. The standard InChI is InChI=1S/C14H23NO3/c1-4-14(2,7-8-16)15-10-11-5-6-12(18-3)9-13(11)17/h5-6,9,15-17H,4,7-8,10H2,1-3H3. The summed E-state index contributed by atoms with van der Waals surface area (Å²) in [6.45, 7) is 4.88. The van der Waals surface area contributed by atoms with Gasteiger partial charge in [0.2, 0.25) is 0 Å². The maximum atomic E-state index is 9.85. The van der Waals surface area contributed by atoms with Crippen LogP contribution in [0.1, 0.15) is 32.3 Å². The van der Waals surface area contributed by atoms with Crippen LogP contribution in [0.3, 0.4) is 0 Å². The van der Waals surface area contributed by atoms with Crippen LogP contribution in [0.25, 0.3) is 0 Å². The van der Waals surface area contributed by atoms with Gasteiger partial charge in [0.1, 0.15) is 11.5 Å². The molecule has 0 fully saturated rings. The summed E-state index contributed by atoms with van der Waals surface area (Å²) in [5.41, 5.74) is 0.717. The molecule has 0 saturated carbocycles. The summed E-state index contributed by atoms with van der Waals surface area (Å²) in [6, 6.07) is 5.27. The summed E-state index contributed by atoms with van der Waals surface area (Å²) < 4.78 is 5.04. The highest BCUT2D eigenvalue weighted by atomic mass is 16.5. The minimum absolute atomic E-state index is 0.110. The first-order valence-corrected chi connectivity index (χ1v) is 6.26. The Kier molecular flexibility index (Phi) is 5.44. The van der Waals surface area contributed by atoms with Crippen molar-refractivity contribution < 1.29 is 14.9 Å². The molecular formula is C14H23NO3. The number of benzene rings is 1. The molecule has 1 rings (SSSR count). The minimum Gasteiger partial charge on any atom is -0.507 e. The SMILES string of the molecule is CCC(C)(CCO)NCc1ccc(OC)cc1O. The van der Waals surface area contributed by atoms with Gasteiger partial charge in [-0.1, -0.05) is 13.0 Å². The molecule has 4 heteroatoms. The average molecular weight is 253 g/mol. The third-order valence-corrected chi connectivity index (χ3v) is 3.44. The highest BCUT2D eigenvalue weighted by molar-refractivity contribution is 5.39. The van der Waals surface area contributed by atoms with E-state index in [1.807, 2.05) is 12.1 Å². The molecule has 0 saturated heterocycles. The number of nitrogens with one attached hydrogen (secondary N) is 1. The van der Waals surface area contributed by atoms with E-state index in [0.717, 1.165) is 12.0 Å². The molecule has 18 heavy (non-hydrogen) atoms. The predicted octanol–water partition coefficient (Wildman–Crippen LogP) is 2.04. The normalized spacial score (nSPS) is 14.2. The van der Waals surface area contributed by atoms with Crippen molar-refractivity contribution in [2.45, 2.75) is 38.8 Å². The number of aliphatic hydroxyl groups is 1. The Morgan fingerprint density at radius 1 is 1.39 bits per heavy atom. The molecule has 0 aromatic heterocycles. The highest BCUT2D eigenvalue weighted by Gasteiger charge is 2.20. The summed E-state index contributed by atoms with van der Waals surface area (Å²) in [5, 5.41) is 22.3. The lowest BCUT2D eigenvalue weighted by Gasteiger charge is -2.29. The molecule has 1 aromatic rings. The Balaban J connectivity index is 2.68. The Labute approximate surface area is 109 Å². The van der Waals surface area contributed by atoms with Gasteiger partial charge < -0.3 is 20.3 Å². The fourth-order valence-corrected chi connectivity index (χ4v) is 1.77. The quantitative estimate of drug-likeness (QED) is 0.696. The van der Waals surface area contributed by atoms with E-state index in [4.69, 9.17) is 9.84 Å². The smallest absolute Gasteiger partial charge is 0.123 e. The van der Waals surface area contributed by atoms with E-state index in [-0.39, 0.29) is 17.9 Å². The molecule has 0 radical (unpaired) electrons. The monoisotopic (exact) mass is 253 g/mol. The van der Waals surface area contributed by atoms with Crippen molar-refractivity contribution in [2.24, 2.45) is 0 Å². The van der Waals surface area contributed by atoms with Crippen molar-refractivity contribution in [3.8, 4) is 11.5 Å². The molecule has 0 aliphatic carbocycles. The molecule has 0 aliphatic heterocycles. The van der Waals surface area contributed by atoms with Gasteiger partial charge in [-0.15, -0.1) is 0 Å². The van der Waals surface area contributed by atoms with Crippen LogP contribution in [-0.4, -0.2) is 29.5 Å². The Hall–Kier alpha value is -1.26. The molecule has 0 bridgehead atoms. The molecule has 3 N–H and O–H groups in total. The van der Waals surface area contributed by atoms with Crippen molar-refractivity contribution in [2.75, 3.05) is 13.7 Å². The Morgan fingerprint density at radius 2 is 2.11 bits per heavy atom. The fourth-order valence-electron chi connectivity index (χ4n) is 1.77. The van der Waals surface area contributed by atoms with Crippen molar-refractivity contribution in [1.29, 1.82) is 0 Å². The second-order valence-corrected chi connectivity index (χ2v) is 4.74. The number of rotatable bonds is 7. The molecule has 1 unspecified atom stereocenters. The maximum Gasteiger partial charge on any atom is 0.123 e. The van der Waals surface area contributed by atoms with E-state index in [2.05, 4.69) is 19.2 Å². The summed E-state index contributed by atoms with van der Waals surface area (Å²) >= 11 is 0. The van der Waals surface area contributed by atoms with Crippen molar-refractivity contribution in [3.63, 3.8) is 0 Å². The number of ether oxygens (including phenoxy) is 1. The lowest BCUT2D eigenvalue weighted by molar-refractivity contribution is 0.214. The third kappa shape index (κ3) is 3.89. The van der Waals surface area contributed by atoms with Crippen LogP contribution in [0, 0.1) is 0 Å². The van der Waals surface area contributed by atoms with Gasteiger partial charge in [-0.25, -0.2) is 0 Å². The molecule has 1 atom stereocenters. The molecular weight excluding hydrogens is 230 g/mol. The maximum absolute atomic E-state index is 9.85. The van der Waals surface area contributed by atoms with Gasteiger partial charge in [-0.05, 0) is 25.8 Å². The number of hydrogen-bond donors (Lipinski definition) is 3. The van der Waals surface area contributed by atoms with E-state index in [1.54, 1.807) is 13.2 Å². The van der Waals surface area contributed by atoms with Crippen LogP contribution < -0.4 is 10.1 Å². The molecule has 4 nitrogen and oxygen atoms in total. The number of hydrogen-bond acceptors (Lipinski definition) is 4. The zero-order valence-electron chi connectivity index (χ0n) is 11.4. The Morgan fingerprint density at radius 3 is 2.61 bits per heavy atom. The number of phenols is 1. The lowest BCUT2D eigenvalue weighted by Crippen LogP contribution is -2.42. The topological polar surface area (TPSA) is 61.7 Å². The van der Waals surface area contributed by atoms with Gasteiger partial charge >= 0.3 is 0 Å². The van der Waals surface area contributed by atoms with Gasteiger partial charge in [-0.3, -0.25) is 0 Å². The second kappa shape index (κ2) is 6.61. The average Bonchev–Trinajstić information content (AvgIpc) is 2.37. The van der Waals surface area contributed by atoms with Crippen molar-refractivity contribution in [1.82, 2.24) is 5.32 Å². The third-order valence-electron chi connectivity index (χ3n) is 3.44. The predicted molar refractivity (Wildman–Crippen MR) is 71.9 cm³/mol. The van der Waals surface area contributed by atoms with Crippen LogP contribution in [0.5, 0.6) is 11.5 Å². The van der Waals surface area contributed by atoms with E-state index >= 15 is 0 Å². The van der Waals surface area contributed by atoms with E-state index in [9.17, 15) is 5.11 Å².